The maximum atomic E-state index is 12.3. The van der Waals surface area contributed by atoms with Crippen LogP contribution in [0.2, 0.25) is 0 Å². The van der Waals surface area contributed by atoms with Crippen LogP contribution in [0.1, 0.15) is 44.1 Å². The molecule has 0 bridgehead atoms. The molecular formula is C32H40N6O. The fraction of sp³-hybridized carbons (Fsp3) is 0.469. The number of fused-ring (bicyclic) bond motifs is 1. The summed E-state index contributed by atoms with van der Waals surface area (Å²) in [5.41, 5.74) is 4.72. The molecule has 1 amide bonds. The molecule has 7 heteroatoms. The second-order valence-electron chi connectivity index (χ2n) is 10.9. The van der Waals surface area contributed by atoms with E-state index in [1.165, 1.54) is 32.4 Å². The largest absolute Gasteiger partial charge is 0.384 e. The molecule has 0 atom stereocenters. The molecule has 0 spiro atoms. The van der Waals surface area contributed by atoms with Crippen LogP contribution in [-0.4, -0.2) is 78.5 Å². The van der Waals surface area contributed by atoms with E-state index in [1.807, 2.05) is 36.5 Å². The average Bonchev–Trinajstić information content (AvgIpc) is 2.98. The summed E-state index contributed by atoms with van der Waals surface area (Å²) < 4.78 is 0. The predicted octanol–water partition coefficient (Wildman–Crippen LogP) is 4.39. The van der Waals surface area contributed by atoms with Crippen molar-refractivity contribution in [3.05, 3.63) is 54.4 Å². The molecule has 2 saturated heterocycles. The van der Waals surface area contributed by atoms with E-state index in [-0.39, 0.29) is 5.91 Å². The maximum absolute atomic E-state index is 12.3. The van der Waals surface area contributed by atoms with Crippen LogP contribution in [0.15, 0.2) is 48.8 Å². The van der Waals surface area contributed by atoms with Gasteiger partial charge in [-0.15, -0.1) is 0 Å². The summed E-state index contributed by atoms with van der Waals surface area (Å²) in [5.74, 6) is 6.09. The number of nitrogens with zero attached hydrogens (tertiary/aromatic N) is 4. The average molecular weight is 525 g/mol. The van der Waals surface area contributed by atoms with E-state index in [0.717, 1.165) is 78.9 Å². The number of benzene rings is 1. The Kier molecular flexibility index (Phi) is 9.42. The number of hydrogen-bond donors (Lipinski definition) is 2. The molecule has 2 fully saturated rings. The van der Waals surface area contributed by atoms with Crippen molar-refractivity contribution in [1.82, 2.24) is 25.1 Å². The maximum Gasteiger partial charge on any atom is 0.296 e. The van der Waals surface area contributed by atoms with Gasteiger partial charge in [0, 0.05) is 53.6 Å². The fourth-order valence-electron chi connectivity index (χ4n) is 5.47. The number of amides is 1. The number of anilines is 1. The van der Waals surface area contributed by atoms with Crippen molar-refractivity contribution < 1.29 is 4.79 Å². The molecule has 0 radical (unpaired) electrons. The Bertz CT molecular complexity index is 1300. The Morgan fingerprint density at radius 1 is 1.05 bits per heavy atom. The molecule has 2 aliphatic heterocycles. The van der Waals surface area contributed by atoms with E-state index in [0.29, 0.717) is 12.5 Å². The minimum absolute atomic E-state index is 0.209. The Balaban J connectivity index is 1.20. The van der Waals surface area contributed by atoms with Crippen LogP contribution in [0.5, 0.6) is 0 Å². The van der Waals surface area contributed by atoms with Crippen LogP contribution in [0, 0.1) is 17.8 Å². The molecule has 4 heterocycles. The first-order valence-corrected chi connectivity index (χ1v) is 14.4. The van der Waals surface area contributed by atoms with Gasteiger partial charge >= 0.3 is 0 Å². The van der Waals surface area contributed by atoms with E-state index in [1.54, 1.807) is 6.20 Å². The summed E-state index contributed by atoms with van der Waals surface area (Å²) >= 11 is 0. The third-order valence-corrected chi connectivity index (χ3v) is 7.92. The van der Waals surface area contributed by atoms with Crippen LogP contribution < -0.4 is 10.6 Å². The normalized spacial score (nSPS) is 16.9. The first-order valence-electron chi connectivity index (χ1n) is 14.4. The van der Waals surface area contributed by atoms with E-state index in [9.17, 15) is 4.79 Å². The lowest BCUT2D eigenvalue weighted by atomic mass is 9.97. The zero-order chi connectivity index (χ0) is 26.9. The van der Waals surface area contributed by atoms with Gasteiger partial charge in [-0.3, -0.25) is 9.78 Å². The molecule has 2 aromatic heterocycles. The Morgan fingerprint density at radius 2 is 1.85 bits per heavy atom. The van der Waals surface area contributed by atoms with Gasteiger partial charge in [0.25, 0.3) is 5.91 Å². The Labute approximate surface area is 232 Å². The molecule has 2 N–H and O–H groups in total. The lowest BCUT2D eigenvalue weighted by Gasteiger charge is -2.28. The van der Waals surface area contributed by atoms with Gasteiger partial charge in [0.1, 0.15) is 0 Å². The molecule has 5 rings (SSSR count). The number of carbonyl (C=O) groups is 1. The van der Waals surface area contributed by atoms with Crippen LogP contribution in [0.3, 0.4) is 0 Å². The number of nitrogens with one attached hydrogen (secondary N) is 2. The molecular weight excluding hydrogens is 484 g/mol. The minimum Gasteiger partial charge on any atom is -0.384 e. The zero-order valence-electron chi connectivity index (χ0n) is 23.1. The molecule has 0 aliphatic carbocycles. The number of rotatable bonds is 8. The monoisotopic (exact) mass is 524 g/mol. The van der Waals surface area contributed by atoms with Gasteiger partial charge in [-0.1, -0.05) is 24.5 Å². The van der Waals surface area contributed by atoms with Gasteiger partial charge in [0.2, 0.25) is 0 Å². The molecule has 204 valence electrons. The van der Waals surface area contributed by atoms with Crippen LogP contribution in [0.25, 0.3) is 22.2 Å². The molecule has 1 aromatic carbocycles. The molecule has 0 saturated carbocycles. The van der Waals surface area contributed by atoms with Crippen molar-refractivity contribution in [2.24, 2.45) is 5.92 Å². The molecule has 3 aromatic rings. The van der Waals surface area contributed by atoms with Gasteiger partial charge in [-0.05, 0) is 102 Å². The van der Waals surface area contributed by atoms with E-state index in [2.05, 4.69) is 50.4 Å². The highest BCUT2D eigenvalue weighted by Crippen LogP contribution is 2.28. The Hall–Kier alpha value is -3.47. The van der Waals surface area contributed by atoms with E-state index >= 15 is 0 Å². The Morgan fingerprint density at radius 3 is 2.64 bits per heavy atom. The standard InChI is InChI=1S/C32H40N6O/c1-37-20-13-26(14-21-37)23-35-32(39)11-8-25-6-9-27(10-7-25)30-22-31(28-24-33-16-12-29(28)36-30)34-15-5-19-38-17-3-2-4-18-38/h6-7,9-10,12,16,22,24,26H,2-5,13-15,17-21,23H2,1H3,(H,34,36)(H,35,39). The number of aromatic nitrogens is 2. The van der Waals surface area contributed by atoms with Crippen molar-refractivity contribution in [3.8, 4) is 23.1 Å². The van der Waals surface area contributed by atoms with Crippen LogP contribution >= 0.6 is 0 Å². The molecule has 0 unspecified atom stereocenters. The quantitative estimate of drug-likeness (QED) is 0.336. The van der Waals surface area contributed by atoms with Crippen molar-refractivity contribution in [3.63, 3.8) is 0 Å². The first kappa shape index (κ1) is 27.1. The molecule has 7 nitrogen and oxygen atoms in total. The van der Waals surface area contributed by atoms with Crippen molar-refractivity contribution in [2.45, 2.75) is 38.5 Å². The third-order valence-electron chi connectivity index (χ3n) is 7.92. The summed E-state index contributed by atoms with van der Waals surface area (Å²) in [4.78, 5) is 26.4. The van der Waals surface area contributed by atoms with Crippen LogP contribution in [-0.2, 0) is 4.79 Å². The number of pyridine rings is 2. The summed E-state index contributed by atoms with van der Waals surface area (Å²) in [6.07, 6.45) is 11.1. The summed E-state index contributed by atoms with van der Waals surface area (Å²) in [6, 6.07) is 12.0. The third kappa shape index (κ3) is 7.78. The van der Waals surface area contributed by atoms with Crippen LogP contribution in [0.4, 0.5) is 5.69 Å². The van der Waals surface area contributed by atoms with Gasteiger partial charge in [-0.2, -0.15) is 0 Å². The number of hydrogen-bond acceptors (Lipinski definition) is 6. The topological polar surface area (TPSA) is 73.4 Å². The zero-order valence-corrected chi connectivity index (χ0v) is 23.1. The number of piperidine rings is 2. The molecule has 39 heavy (non-hydrogen) atoms. The summed E-state index contributed by atoms with van der Waals surface area (Å²) in [7, 11) is 2.15. The van der Waals surface area contributed by atoms with Gasteiger partial charge in [0.05, 0.1) is 11.2 Å². The SMILES string of the molecule is CN1CCC(CNC(=O)C#Cc2ccc(-c3cc(NCCCN4CCCCC4)c4cnccc4n3)cc2)CC1. The molecule has 2 aliphatic rings. The second kappa shape index (κ2) is 13.5. The summed E-state index contributed by atoms with van der Waals surface area (Å²) in [5, 5.41) is 7.66. The van der Waals surface area contributed by atoms with Crippen molar-refractivity contribution in [2.75, 3.05) is 58.2 Å². The number of likely N-dealkylation sites (tertiary alicyclic amines) is 2. The highest BCUT2D eigenvalue weighted by molar-refractivity contribution is 5.94. The van der Waals surface area contributed by atoms with E-state index in [4.69, 9.17) is 4.98 Å². The van der Waals surface area contributed by atoms with Crippen molar-refractivity contribution >= 4 is 22.5 Å². The van der Waals surface area contributed by atoms with Crippen molar-refractivity contribution in [1.29, 1.82) is 0 Å². The minimum atomic E-state index is -0.209. The van der Waals surface area contributed by atoms with E-state index < -0.39 is 0 Å². The van der Waals surface area contributed by atoms with Gasteiger partial charge < -0.3 is 20.4 Å². The first-order chi connectivity index (χ1) is 19.1. The van der Waals surface area contributed by atoms with Gasteiger partial charge in [-0.25, -0.2) is 4.98 Å². The highest BCUT2D eigenvalue weighted by atomic mass is 16.1. The highest BCUT2D eigenvalue weighted by Gasteiger charge is 2.16. The summed E-state index contributed by atoms with van der Waals surface area (Å²) in [6.45, 7) is 7.41. The van der Waals surface area contributed by atoms with Gasteiger partial charge in [0.15, 0.2) is 0 Å². The lowest BCUT2D eigenvalue weighted by molar-refractivity contribution is -0.115. The fourth-order valence-corrected chi connectivity index (χ4v) is 5.47. The predicted molar refractivity (Wildman–Crippen MR) is 158 cm³/mol. The second-order valence-corrected chi connectivity index (χ2v) is 10.9. The number of carbonyl (C=O) groups excluding carboxylic acids is 1. The smallest absolute Gasteiger partial charge is 0.296 e. The lowest BCUT2D eigenvalue weighted by Crippen LogP contribution is -2.36.